The minimum atomic E-state index is -3.45. The molecule has 2 N–H and O–H groups in total. The summed E-state index contributed by atoms with van der Waals surface area (Å²) in [6.07, 6.45) is 3.39. The molecule has 0 fully saturated rings. The quantitative estimate of drug-likeness (QED) is 0.858. The lowest BCUT2D eigenvalue weighted by atomic mass is 10.1. The molecule has 0 saturated carbocycles. The molecule has 0 amide bonds. The minimum Gasteiger partial charge on any atom is -0.324 e. The van der Waals surface area contributed by atoms with Crippen LogP contribution in [-0.2, 0) is 10.0 Å². The minimum absolute atomic E-state index is 0.0509. The van der Waals surface area contributed by atoms with Crippen molar-refractivity contribution in [1.82, 2.24) is 9.29 Å². The van der Waals surface area contributed by atoms with E-state index in [1.165, 1.54) is 26.4 Å². The third kappa shape index (κ3) is 3.24. The largest absolute Gasteiger partial charge is 0.324 e. The summed E-state index contributed by atoms with van der Waals surface area (Å²) >= 11 is 0. The van der Waals surface area contributed by atoms with Crippen LogP contribution in [0.15, 0.2) is 23.4 Å². The average molecular weight is 257 g/mol. The summed E-state index contributed by atoms with van der Waals surface area (Å²) in [6, 6.07) is 3.15. The van der Waals surface area contributed by atoms with E-state index in [2.05, 4.69) is 11.9 Å². The van der Waals surface area contributed by atoms with Gasteiger partial charge in [-0.15, -0.1) is 0 Å². The van der Waals surface area contributed by atoms with Crippen molar-refractivity contribution in [3.05, 3.63) is 23.9 Å². The fourth-order valence-corrected chi connectivity index (χ4v) is 2.23. The highest BCUT2D eigenvalue weighted by molar-refractivity contribution is 7.89. The molecular formula is C11H19N3O2S. The molecule has 1 unspecified atom stereocenters. The fraction of sp³-hybridized carbons (Fsp3) is 0.545. The summed E-state index contributed by atoms with van der Waals surface area (Å²) in [4.78, 5) is 3.97. The molecule has 17 heavy (non-hydrogen) atoms. The number of nitrogens with zero attached hydrogens (tertiary/aromatic N) is 2. The number of hydrogen-bond donors (Lipinski definition) is 1. The summed E-state index contributed by atoms with van der Waals surface area (Å²) in [6.45, 7) is 2.05. The number of nitrogens with two attached hydrogens (primary N) is 1. The first kappa shape index (κ1) is 14.1. The smallest absolute Gasteiger partial charge is 0.260 e. The van der Waals surface area contributed by atoms with E-state index in [1.54, 1.807) is 6.07 Å². The Morgan fingerprint density at radius 2 is 2.06 bits per heavy atom. The van der Waals surface area contributed by atoms with Crippen LogP contribution < -0.4 is 5.73 Å². The Kier molecular flexibility index (Phi) is 4.62. The van der Waals surface area contributed by atoms with Gasteiger partial charge in [0.1, 0.15) is 0 Å². The number of rotatable bonds is 5. The number of hydrogen-bond acceptors (Lipinski definition) is 4. The highest BCUT2D eigenvalue weighted by atomic mass is 32.2. The van der Waals surface area contributed by atoms with Crippen LogP contribution in [0.3, 0.4) is 0 Å². The van der Waals surface area contributed by atoms with Crippen LogP contribution in [0.1, 0.15) is 31.4 Å². The van der Waals surface area contributed by atoms with E-state index >= 15 is 0 Å². The van der Waals surface area contributed by atoms with Crippen molar-refractivity contribution in [2.24, 2.45) is 5.73 Å². The van der Waals surface area contributed by atoms with E-state index in [4.69, 9.17) is 5.73 Å². The Balaban J connectivity index is 2.96. The summed E-state index contributed by atoms with van der Waals surface area (Å²) in [5.74, 6) is 0. The Bertz CT molecular complexity index is 454. The van der Waals surface area contributed by atoms with Crippen molar-refractivity contribution < 1.29 is 8.42 Å². The summed E-state index contributed by atoms with van der Waals surface area (Å²) in [5, 5.41) is 0.0509. The maximum Gasteiger partial charge on any atom is 0.260 e. The van der Waals surface area contributed by atoms with Crippen LogP contribution in [-0.4, -0.2) is 31.8 Å². The van der Waals surface area contributed by atoms with E-state index in [1.807, 2.05) is 0 Å². The highest BCUT2D eigenvalue weighted by Crippen LogP contribution is 2.17. The van der Waals surface area contributed by atoms with Gasteiger partial charge in [-0.1, -0.05) is 19.4 Å². The number of pyridine rings is 1. The van der Waals surface area contributed by atoms with Crippen LogP contribution in [0.25, 0.3) is 0 Å². The van der Waals surface area contributed by atoms with Gasteiger partial charge in [-0.3, -0.25) is 0 Å². The fourth-order valence-electron chi connectivity index (χ4n) is 1.43. The van der Waals surface area contributed by atoms with E-state index in [-0.39, 0.29) is 11.1 Å². The monoisotopic (exact) mass is 257 g/mol. The zero-order chi connectivity index (χ0) is 13.1. The van der Waals surface area contributed by atoms with E-state index in [0.717, 1.165) is 22.7 Å². The maximum atomic E-state index is 11.8. The third-order valence-electron chi connectivity index (χ3n) is 2.53. The molecule has 1 atom stereocenters. The molecule has 0 aliphatic rings. The zero-order valence-electron chi connectivity index (χ0n) is 10.4. The second-order valence-corrected chi connectivity index (χ2v) is 6.21. The zero-order valence-corrected chi connectivity index (χ0v) is 11.2. The van der Waals surface area contributed by atoms with Crippen LogP contribution >= 0.6 is 0 Å². The first-order valence-corrected chi connectivity index (χ1v) is 6.97. The van der Waals surface area contributed by atoms with E-state index in [0.29, 0.717) is 0 Å². The molecule has 5 nitrogen and oxygen atoms in total. The number of aromatic nitrogens is 1. The molecule has 0 aliphatic heterocycles. The summed E-state index contributed by atoms with van der Waals surface area (Å²) in [7, 11) is -0.490. The third-order valence-corrected chi connectivity index (χ3v) is 4.26. The highest BCUT2D eigenvalue weighted by Gasteiger charge is 2.18. The van der Waals surface area contributed by atoms with Crippen LogP contribution in [0, 0.1) is 0 Å². The lowest BCUT2D eigenvalue weighted by Crippen LogP contribution is -2.23. The molecule has 96 valence electrons. The van der Waals surface area contributed by atoms with Crippen molar-refractivity contribution in [2.45, 2.75) is 30.8 Å². The van der Waals surface area contributed by atoms with Crippen molar-refractivity contribution in [3.63, 3.8) is 0 Å². The van der Waals surface area contributed by atoms with Gasteiger partial charge in [0.05, 0.1) is 0 Å². The van der Waals surface area contributed by atoms with Gasteiger partial charge in [-0.05, 0) is 18.1 Å². The molecule has 1 aromatic rings. The first-order valence-electron chi connectivity index (χ1n) is 5.53. The maximum absolute atomic E-state index is 11.8. The predicted molar refractivity (Wildman–Crippen MR) is 66.9 cm³/mol. The Hall–Kier alpha value is -0.980. The topological polar surface area (TPSA) is 76.3 Å². The van der Waals surface area contributed by atoms with Crippen molar-refractivity contribution in [3.8, 4) is 0 Å². The molecule has 0 spiro atoms. The van der Waals surface area contributed by atoms with Crippen molar-refractivity contribution in [2.75, 3.05) is 14.1 Å². The van der Waals surface area contributed by atoms with E-state index in [9.17, 15) is 8.42 Å². The second kappa shape index (κ2) is 5.57. The van der Waals surface area contributed by atoms with Crippen molar-refractivity contribution >= 4 is 10.0 Å². The van der Waals surface area contributed by atoms with Gasteiger partial charge in [-0.25, -0.2) is 17.7 Å². The Labute approximate surface area is 103 Å². The molecule has 0 aromatic carbocycles. The van der Waals surface area contributed by atoms with Gasteiger partial charge in [0.15, 0.2) is 5.03 Å². The van der Waals surface area contributed by atoms with Gasteiger partial charge in [0, 0.05) is 26.3 Å². The molecule has 1 rings (SSSR count). The van der Waals surface area contributed by atoms with Crippen LogP contribution in [0.4, 0.5) is 0 Å². The van der Waals surface area contributed by atoms with Crippen molar-refractivity contribution in [1.29, 1.82) is 0 Å². The molecule has 0 radical (unpaired) electrons. The molecule has 1 heterocycles. The summed E-state index contributed by atoms with van der Waals surface area (Å²) < 4.78 is 24.7. The predicted octanol–water partition coefficient (Wildman–Crippen LogP) is 1.13. The molecule has 0 saturated heterocycles. The molecular weight excluding hydrogens is 238 g/mol. The lowest BCUT2D eigenvalue weighted by molar-refractivity contribution is 0.516. The molecule has 0 aliphatic carbocycles. The van der Waals surface area contributed by atoms with Gasteiger partial charge < -0.3 is 5.73 Å². The Morgan fingerprint density at radius 1 is 1.41 bits per heavy atom. The SMILES string of the molecule is CCCC(N)c1ccc(S(=O)(=O)N(C)C)nc1. The normalized spacial score (nSPS) is 13.9. The summed E-state index contributed by atoms with van der Waals surface area (Å²) in [5.41, 5.74) is 6.79. The second-order valence-electron chi connectivity index (χ2n) is 4.11. The first-order chi connectivity index (χ1) is 7.89. The van der Waals surface area contributed by atoms with Crippen LogP contribution in [0.5, 0.6) is 0 Å². The van der Waals surface area contributed by atoms with Gasteiger partial charge in [0.25, 0.3) is 10.0 Å². The molecule has 0 bridgehead atoms. The van der Waals surface area contributed by atoms with Gasteiger partial charge in [-0.2, -0.15) is 0 Å². The standard InChI is InChI=1S/C11H19N3O2S/c1-4-5-10(12)9-6-7-11(13-8-9)17(15,16)14(2)3/h6-8,10H,4-5,12H2,1-3H3. The van der Waals surface area contributed by atoms with Gasteiger partial charge >= 0.3 is 0 Å². The molecule has 1 aromatic heterocycles. The molecule has 6 heteroatoms. The number of sulfonamides is 1. The lowest BCUT2D eigenvalue weighted by Gasteiger charge is -2.13. The van der Waals surface area contributed by atoms with E-state index < -0.39 is 10.0 Å². The van der Waals surface area contributed by atoms with Crippen LogP contribution in [0.2, 0.25) is 0 Å². The Morgan fingerprint density at radius 3 is 2.47 bits per heavy atom. The average Bonchev–Trinajstić information content (AvgIpc) is 2.29. The van der Waals surface area contributed by atoms with Gasteiger partial charge in [0.2, 0.25) is 0 Å².